The molecule has 0 bridgehead atoms. The summed E-state index contributed by atoms with van der Waals surface area (Å²) in [6, 6.07) is 1.64. The van der Waals surface area contributed by atoms with Crippen molar-refractivity contribution in [3.8, 4) is 11.4 Å². The Bertz CT molecular complexity index is 453. The summed E-state index contributed by atoms with van der Waals surface area (Å²) >= 11 is 0. The summed E-state index contributed by atoms with van der Waals surface area (Å²) in [7, 11) is 1.61. The molecule has 6 nitrogen and oxygen atoms in total. The fraction of sp³-hybridized carbons (Fsp3) is 0.222. The lowest BCUT2D eigenvalue weighted by molar-refractivity contribution is 0.120. The van der Waals surface area contributed by atoms with Crippen LogP contribution in [0.5, 0.6) is 0 Å². The molecular formula is C9H11N5O. The lowest BCUT2D eigenvalue weighted by Crippen LogP contribution is -1.99. The van der Waals surface area contributed by atoms with Crippen molar-refractivity contribution in [3.05, 3.63) is 24.7 Å². The molecule has 2 aromatic heterocycles. The van der Waals surface area contributed by atoms with E-state index in [2.05, 4.69) is 15.1 Å². The maximum atomic E-state index is 5.56. The van der Waals surface area contributed by atoms with Gasteiger partial charge in [0.05, 0.1) is 11.8 Å². The molecule has 78 valence electrons. The van der Waals surface area contributed by atoms with Crippen molar-refractivity contribution >= 4 is 5.82 Å². The van der Waals surface area contributed by atoms with Crippen LogP contribution < -0.4 is 5.73 Å². The van der Waals surface area contributed by atoms with Gasteiger partial charge in [-0.25, -0.2) is 14.6 Å². The van der Waals surface area contributed by atoms with E-state index in [-0.39, 0.29) is 0 Å². The number of ether oxygens (including phenoxy) is 1. The van der Waals surface area contributed by atoms with E-state index in [9.17, 15) is 0 Å². The zero-order valence-corrected chi connectivity index (χ0v) is 8.29. The Balaban J connectivity index is 2.29. The number of hydrogen-bond acceptors (Lipinski definition) is 5. The van der Waals surface area contributed by atoms with Crippen molar-refractivity contribution in [1.29, 1.82) is 0 Å². The van der Waals surface area contributed by atoms with Crippen LogP contribution in [0.4, 0.5) is 5.82 Å². The summed E-state index contributed by atoms with van der Waals surface area (Å²) in [6.07, 6.45) is 5.09. The molecule has 0 radical (unpaired) electrons. The van der Waals surface area contributed by atoms with Crippen molar-refractivity contribution in [2.45, 2.75) is 6.73 Å². The molecular weight excluding hydrogens is 194 g/mol. The van der Waals surface area contributed by atoms with Crippen molar-refractivity contribution in [2.75, 3.05) is 12.8 Å². The van der Waals surface area contributed by atoms with Gasteiger partial charge in [-0.1, -0.05) is 0 Å². The molecule has 6 heteroatoms. The molecule has 0 aliphatic rings. The third-order valence-electron chi connectivity index (χ3n) is 1.83. The van der Waals surface area contributed by atoms with Crippen LogP contribution in [0.2, 0.25) is 0 Å². The number of nitrogens with two attached hydrogens (primary N) is 1. The highest BCUT2D eigenvalue weighted by atomic mass is 16.5. The van der Waals surface area contributed by atoms with Gasteiger partial charge in [-0.05, 0) is 6.07 Å². The van der Waals surface area contributed by atoms with Crippen LogP contribution in [0.15, 0.2) is 24.7 Å². The fourth-order valence-corrected chi connectivity index (χ4v) is 1.19. The molecule has 0 atom stereocenters. The van der Waals surface area contributed by atoms with Gasteiger partial charge >= 0.3 is 0 Å². The maximum Gasteiger partial charge on any atom is 0.164 e. The number of rotatable bonds is 3. The number of nitrogens with zero attached hydrogens (tertiary/aromatic N) is 4. The quantitative estimate of drug-likeness (QED) is 0.790. The van der Waals surface area contributed by atoms with Gasteiger partial charge in [-0.3, -0.25) is 0 Å². The first-order valence-corrected chi connectivity index (χ1v) is 4.40. The van der Waals surface area contributed by atoms with Crippen molar-refractivity contribution < 1.29 is 4.74 Å². The Morgan fingerprint density at radius 1 is 1.53 bits per heavy atom. The summed E-state index contributed by atoms with van der Waals surface area (Å²) in [4.78, 5) is 8.19. The minimum Gasteiger partial charge on any atom is -0.384 e. The zero-order valence-electron chi connectivity index (χ0n) is 8.29. The summed E-state index contributed by atoms with van der Waals surface area (Å²) < 4.78 is 6.59. The molecule has 0 amide bonds. The first kappa shape index (κ1) is 9.60. The first-order chi connectivity index (χ1) is 7.29. The first-order valence-electron chi connectivity index (χ1n) is 4.40. The lowest BCUT2D eigenvalue weighted by atomic mass is 10.3. The van der Waals surface area contributed by atoms with Crippen LogP contribution in [-0.2, 0) is 11.5 Å². The Morgan fingerprint density at radius 2 is 2.40 bits per heavy atom. The second-order valence-electron chi connectivity index (χ2n) is 2.99. The van der Waals surface area contributed by atoms with Gasteiger partial charge in [0.25, 0.3) is 0 Å². The van der Waals surface area contributed by atoms with E-state index >= 15 is 0 Å². The van der Waals surface area contributed by atoms with E-state index in [1.54, 1.807) is 36.4 Å². The second-order valence-corrected chi connectivity index (χ2v) is 2.99. The molecule has 0 saturated heterocycles. The van der Waals surface area contributed by atoms with Crippen molar-refractivity contribution in [3.63, 3.8) is 0 Å². The minimum absolute atomic E-state index is 0.405. The van der Waals surface area contributed by atoms with E-state index in [0.717, 1.165) is 5.56 Å². The van der Waals surface area contributed by atoms with Crippen LogP contribution in [0.3, 0.4) is 0 Å². The molecule has 15 heavy (non-hydrogen) atoms. The van der Waals surface area contributed by atoms with E-state index in [0.29, 0.717) is 18.4 Å². The van der Waals surface area contributed by atoms with Gasteiger partial charge in [0.15, 0.2) is 5.82 Å². The van der Waals surface area contributed by atoms with Crippen LogP contribution >= 0.6 is 0 Å². The predicted molar refractivity (Wildman–Crippen MR) is 54.7 cm³/mol. The highest BCUT2D eigenvalue weighted by molar-refractivity contribution is 5.53. The van der Waals surface area contributed by atoms with Gasteiger partial charge < -0.3 is 10.5 Å². The third kappa shape index (κ3) is 2.10. The topological polar surface area (TPSA) is 78.9 Å². The van der Waals surface area contributed by atoms with Gasteiger partial charge in [0, 0.05) is 19.5 Å². The maximum absolute atomic E-state index is 5.56. The molecule has 2 heterocycles. The molecule has 0 unspecified atom stereocenters. The van der Waals surface area contributed by atoms with Gasteiger partial charge in [-0.15, -0.1) is 0 Å². The number of anilines is 1. The van der Waals surface area contributed by atoms with Gasteiger partial charge in [0.1, 0.15) is 12.5 Å². The summed E-state index contributed by atoms with van der Waals surface area (Å²) in [5, 5.41) is 4.08. The van der Waals surface area contributed by atoms with E-state index in [1.807, 2.05) is 0 Å². The fourth-order valence-electron chi connectivity index (χ4n) is 1.19. The summed E-state index contributed by atoms with van der Waals surface area (Å²) in [5.74, 6) is 1.01. The minimum atomic E-state index is 0.405. The Hall–Kier alpha value is -1.95. The average molecular weight is 205 g/mol. The Kier molecular flexibility index (Phi) is 2.59. The van der Waals surface area contributed by atoms with Crippen molar-refractivity contribution in [2.24, 2.45) is 0 Å². The predicted octanol–water partition coefficient (Wildman–Crippen LogP) is 0.526. The highest BCUT2D eigenvalue weighted by Gasteiger charge is 2.04. The molecule has 0 aliphatic heterocycles. The smallest absolute Gasteiger partial charge is 0.164 e. The number of methoxy groups -OCH3 is 1. The average Bonchev–Trinajstić information content (AvgIpc) is 2.67. The Morgan fingerprint density at radius 3 is 3.13 bits per heavy atom. The highest BCUT2D eigenvalue weighted by Crippen LogP contribution is 2.13. The van der Waals surface area contributed by atoms with E-state index in [1.165, 1.54) is 0 Å². The Labute approximate surface area is 86.7 Å². The number of aromatic nitrogens is 4. The lowest BCUT2D eigenvalue weighted by Gasteiger charge is -1.97. The van der Waals surface area contributed by atoms with Crippen molar-refractivity contribution in [1.82, 2.24) is 19.7 Å². The zero-order chi connectivity index (χ0) is 10.7. The van der Waals surface area contributed by atoms with E-state index in [4.69, 9.17) is 10.5 Å². The molecule has 0 fully saturated rings. The molecule has 2 N–H and O–H groups in total. The van der Waals surface area contributed by atoms with Crippen LogP contribution in [0, 0.1) is 0 Å². The second kappa shape index (κ2) is 4.05. The molecule has 2 rings (SSSR count). The summed E-state index contributed by atoms with van der Waals surface area (Å²) in [6.45, 7) is 0.405. The molecule has 0 spiro atoms. The molecule has 0 saturated carbocycles. The number of hydrogen-bond donors (Lipinski definition) is 1. The largest absolute Gasteiger partial charge is 0.384 e. The third-order valence-corrected chi connectivity index (χ3v) is 1.83. The molecule has 2 aromatic rings. The van der Waals surface area contributed by atoms with Gasteiger partial charge in [-0.2, -0.15) is 5.10 Å². The normalized spacial score (nSPS) is 10.5. The monoisotopic (exact) mass is 205 g/mol. The number of nitrogen functional groups attached to an aromatic ring is 1. The van der Waals surface area contributed by atoms with Crippen LogP contribution in [0.25, 0.3) is 11.4 Å². The molecule has 0 aliphatic carbocycles. The molecule has 0 aromatic carbocycles. The summed E-state index contributed by atoms with van der Waals surface area (Å²) in [5.41, 5.74) is 6.38. The standard InChI is InChI=1S/C9H11N5O/c1-15-6-14-5-7(4-12-14)9-11-3-2-8(10)13-9/h2-5H,6H2,1H3,(H2,10,11,13). The van der Waals surface area contributed by atoms with Crippen LogP contribution in [-0.4, -0.2) is 26.9 Å². The van der Waals surface area contributed by atoms with E-state index < -0.39 is 0 Å². The SMILES string of the molecule is COCn1cc(-c2nccc(N)n2)cn1. The van der Waals surface area contributed by atoms with Crippen LogP contribution in [0.1, 0.15) is 0 Å². The van der Waals surface area contributed by atoms with Gasteiger partial charge in [0.2, 0.25) is 0 Å².